The normalized spacial score (nSPS) is 10.2. The lowest BCUT2D eigenvalue weighted by atomic mass is 10.2. The summed E-state index contributed by atoms with van der Waals surface area (Å²) in [5.74, 6) is 1.67. The number of ether oxygens (including phenoxy) is 2. The summed E-state index contributed by atoms with van der Waals surface area (Å²) in [5.41, 5.74) is 0. The second-order valence-corrected chi connectivity index (χ2v) is 4.95. The van der Waals surface area contributed by atoms with E-state index in [9.17, 15) is 0 Å². The van der Waals surface area contributed by atoms with Gasteiger partial charge in [0.05, 0.1) is 13.7 Å². The molecule has 0 aliphatic rings. The van der Waals surface area contributed by atoms with Crippen molar-refractivity contribution in [2.24, 2.45) is 0 Å². The van der Waals surface area contributed by atoms with Crippen LogP contribution in [-0.2, 0) is 0 Å². The predicted octanol–water partition coefficient (Wildman–Crippen LogP) is 4.26. The van der Waals surface area contributed by atoms with Gasteiger partial charge in [-0.05, 0) is 47.2 Å². The van der Waals surface area contributed by atoms with E-state index >= 15 is 0 Å². The van der Waals surface area contributed by atoms with Crippen molar-refractivity contribution in [3.8, 4) is 11.5 Å². The fourth-order valence-electron chi connectivity index (χ4n) is 1.47. The van der Waals surface area contributed by atoms with Gasteiger partial charge in [-0.2, -0.15) is 0 Å². The summed E-state index contributed by atoms with van der Waals surface area (Å²) in [4.78, 5) is 0. The van der Waals surface area contributed by atoms with Gasteiger partial charge < -0.3 is 9.47 Å². The van der Waals surface area contributed by atoms with E-state index in [-0.39, 0.29) is 0 Å². The summed E-state index contributed by atoms with van der Waals surface area (Å²) in [7, 11) is 1.68. The molecule has 90 valence electrons. The molecule has 2 nitrogen and oxygen atoms in total. The van der Waals surface area contributed by atoms with Gasteiger partial charge in [-0.15, -0.1) is 0 Å². The Morgan fingerprint density at radius 1 is 1.12 bits per heavy atom. The minimum absolute atomic E-state index is 0.775. The maximum absolute atomic E-state index is 5.70. The highest BCUT2D eigenvalue weighted by Gasteiger charge is 2.04. The number of unbranched alkanes of at least 4 members (excludes halogenated alkanes) is 3. The fourth-order valence-corrected chi connectivity index (χ4v) is 1.93. The Labute approximate surface area is 111 Å². The molecule has 0 heterocycles. The van der Waals surface area contributed by atoms with Gasteiger partial charge in [0.15, 0.2) is 11.5 Å². The van der Waals surface area contributed by atoms with Crippen LogP contribution < -0.4 is 9.47 Å². The van der Waals surface area contributed by atoms with Crippen LogP contribution in [0.4, 0.5) is 0 Å². The average Bonchev–Trinajstić information content (AvgIpc) is 2.30. The lowest BCUT2D eigenvalue weighted by molar-refractivity contribution is 0.285. The van der Waals surface area contributed by atoms with Gasteiger partial charge in [0.2, 0.25) is 0 Å². The van der Waals surface area contributed by atoms with Crippen molar-refractivity contribution in [1.29, 1.82) is 0 Å². The monoisotopic (exact) mass is 334 g/mol. The molecular formula is C13H19IO2. The molecule has 0 fully saturated rings. The molecule has 3 heteroatoms. The van der Waals surface area contributed by atoms with Crippen LogP contribution in [0.3, 0.4) is 0 Å². The number of methoxy groups -OCH3 is 1. The molecule has 0 aliphatic carbocycles. The minimum Gasteiger partial charge on any atom is -0.493 e. The molecule has 0 radical (unpaired) electrons. The molecule has 0 amide bonds. The predicted molar refractivity (Wildman–Crippen MR) is 75.3 cm³/mol. The van der Waals surface area contributed by atoms with Crippen LogP contribution in [0, 0.1) is 3.57 Å². The molecule has 0 aromatic heterocycles. The third kappa shape index (κ3) is 4.60. The van der Waals surface area contributed by atoms with Gasteiger partial charge in [0, 0.05) is 3.57 Å². The topological polar surface area (TPSA) is 18.5 Å². The SMILES string of the molecule is CCCCCCOc1ccc(I)cc1OC. The molecule has 0 aliphatic heterocycles. The maximum atomic E-state index is 5.70. The first-order valence-electron chi connectivity index (χ1n) is 5.74. The molecule has 0 bridgehead atoms. The quantitative estimate of drug-likeness (QED) is 0.548. The summed E-state index contributed by atoms with van der Waals surface area (Å²) >= 11 is 2.27. The van der Waals surface area contributed by atoms with Crippen LogP contribution in [0.2, 0.25) is 0 Å². The van der Waals surface area contributed by atoms with E-state index in [4.69, 9.17) is 9.47 Å². The molecule has 0 unspecified atom stereocenters. The van der Waals surface area contributed by atoms with Crippen molar-refractivity contribution >= 4 is 22.6 Å². The number of rotatable bonds is 7. The first-order valence-corrected chi connectivity index (χ1v) is 6.82. The number of hydrogen-bond donors (Lipinski definition) is 0. The molecule has 0 saturated carbocycles. The van der Waals surface area contributed by atoms with Gasteiger partial charge in [-0.1, -0.05) is 26.2 Å². The second-order valence-electron chi connectivity index (χ2n) is 3.70. The Morgan fingerprint density at radius 2 is 1.94 bits per heavy atom. The summed E-state index contributed by atoms with van der Waals surface area (Å²) in [6.07, 6.45) is 4.90. The Morgan fingerprint density at radius 3 is 2.62 bits per heavy atom. The highest BCUT2D eigenvalue weighted by Crippen LogP contribution is 2.28. The van der Waals surface area contributed by atoms with E-state index in [1.807, 2.05) is 18.2 Å². The third-order valence-electron chi connectivity index (χ3n) is 2.38. The van der Waals surface area contributed by atoms with Crippen molar-refractivity contribution in [2.45, 2.75) is 32.6 Å². The van der Waals surface area contributed by atoms with Crippen molar-refractivity contribution in [1.82, 2.24) is 0 Å². The van der Waals surface area contributed by atoms with Crippen molar-refractivity contribution in [3.63, 3.8) is 0 Å². The average molecular weight is 334 g/mol. The van der Waals surface area contributed by atoms with Gasteiger partial charge in [-0.3, -0.25) is 0 Å². The Bertz CT molecular complexity index is 313. The first kappa shape index (κ1) is 13.6. The van der Waals surface area contributed by atoms with E-state index < -0.39 is 0 Å². The number of halogens is 1. The molecule has 0 atom stereocenters. The van der Waals surface area contributed by atoms with Crippen LogP contribution >= 0.6 is 22.6 Å². The maximum Gasteiger partial charge on any atom is 0.161 e. The summed E-state index contributed by atoms with van der Waals surface area (Å²) < 4.78 is 12.1. The summed E-state index contributed by atoms with van der Waals surface area (Å²) in [6.45, 7) is 2.99. The smallest absolute Gasteiger partial charge is 0.161 e. The molecular weight excluding hydrogens is 315 g/mol. The standard InChI is InChI=1S/C13H19IO2/c1-3-4-5-6-9-16-12-8-7-11(14)10-13(12)15-2/h7-8,10H,3-6,9H2,1-2H3. The molecule has 1 rings (SSSR count). The van der Waals surface area contributed by atoms with Crippen molar-refractivity contribution in [2.75, 3.05) is 13.7 Å². The number of hydrogen-bond acceptors (Lipinski definition) is 2. The first-order chi connectivity index (χ1) is 7.77. The van der Waals surface area contributed by atoms with E-state index in [0.717, 1.165) is 28.1 Å². The largest absolute Gasteiger partial charge is 0.493 e. The van der Waals surface area contributed by atoms with E-state index in [0.29, 0.717) is 0 Å². The molecule has 1 aromatic carbocycles. The van der Waals surface area contributed by atoms with Crippen molar-refractivity contribution < 1.29 is 9.47 Å². The Kier molecular flexibility index (Phi) is 6.61. The van der Waals surface area contributed by atoms with Crippen LogP contribution in [0.5, 0.6) is 11.5 Å². The van der Waals surface area contributed by atoms with E-state index in [2.05, 4.69) is 29.5 Å². The van der Waals surface area contributed by atoms with Gasteiger partial charge in [-0.25, -0.2) is 0 Å². The van der Waals surface area contributed by atoms with Crippen LogP contribution in [0.25, 0.3) is 0 Å². The van der Waals surface area contributed by atoms with Gasteiger partial charge in [0.25, 0.3) is 0 Å². The Balaban J connectivity index is 2.41. The zero-order valence-corrected chi connectivity index (χ0v) is 12.1. The zero-order valence-electron chi connectivity index (χ0n) is 9.96. The molecule has 0 saturated heterocycles. The molecule has 0 N–H and O–H groups in total. The van der Waals surface area contributed by atoms with Crippen LogP contribution in [0.1, 0.15) is 32.6 Å². The highest BCUT2D eigenvalue weighted by molar-refractivity contribution is 14.1. The molecule has 1 aromatic rings. The molecule has 16 heavy (non-hydrogen) atoms. The van der Waals surface area contributed by atoms with Gasteiger partial charge in [0.1, 0.15) is 0 Å². The Hall–Kier alpha value is -0.450. The second kappa shape index (κ2) is 7.76. The summed E-state index contributed by atoms with van der Waals surface area (Å²) in [5, 5.41) is 0. The number of benzene rings is 1. The van der Waals surface area contributed by atoms with Crippen molar-refractivity contribution in [3.05, 3.63) is 21.8 Å². The molecule has 0 spiro atoms. The lowest BCUT2D eigenvalue weighted by Gasteiger charge is -2.10. The lowest BCUT2D eigenvalue weighted by Crippen LogP contribution is -1.99. The van der Waals surface area contributed by atoms with E-state index in [1.54, 1.807) is 7.11 Å². The fraction of sp³-hybridized carbons (Fsp3) is 0.538. The highest BCUT2D eigenvalue weighted by atomic mass is 127. The van der Waals surface area contributed by atoms with Crippen LogP contribution in [0.15, 0.2) is 18.2 Å². The zero-order chi connectivity index (χ0) is 11.8. The third-order valence-corrected chi connectivity index (χ3v) is 3.05. The summed E-state index contributed by atoms with van der Waals surface area (Å²) in [6, 6.07) is 5.99. The van der Waals surface area contributed by atoms with Gasteiger partial charge >= 0.3 is 0 Å². The van der Waals surface area contributed by atoms with Crippen LogP contribution in [-0.4, -0.2) is 13.7 Å². The minimum atomic E-state index is 0.775. The van der Waals surface area contributed by atoms with E-state index in [1.165, 1.54) is 19.3 Å².